The monoisotopic (exact) mass is 369 g/mol. The number of hydrogen-bond donors (Lipinski definition) is 1. The van der Waals surface area contributed by atoms with Gasteiger partial charge in [0.2, 0.25) is 5.91 Å². The molecule has 1 aliphatic carbocycles. The number of hydrogen-bond acceptors (Lipinski definition) is 4. The highest BCUT2D eigenvalue weighted by Gasteiger charge is 2.45. The fourth-order valence-corrected chi connectivity index (χ4v) is 3.86. The van der Waals surface area contributed by atoms with E-state index in [1.54, 1.807) is 0 Å². The number of benzene rings is 1. The van der Waals surface area contributed by atoms with Gasteiger partial charge in [-0.3, -0.25) is 9.59 Å². The highest BCUT2D eigenvalue weighted by molar-refractivity contribution is 6.39. The van der Waals surface area contributed by atoms with Crippen LogP contribution in [-0.4, -0.2) is 41.1 Å². The minimum Gasteiger partial charge on any atom is -0.386 e. The molecule has 4 rings (SSSR count). The van der Waals surface area contributed by atoms with Crippen molar-refractivity contribution >= 4 is 17.5 Å². The molecule has 6 nitrogen and oxygen atoms in total. The Morgan fingerprint density at radius 3 is 2.81 bits per heavy atom. The zero-order valence-corrected chi connectivity index (χ0v) is 15.9. The summed E-state index contributed by atoms with van der Waals surface area (Å²) in [6.45, 7) is 3.83. The van der Waals surface area contributed by atoms with Crippen LogP contribution in [0.4, 0.5) is 0 Å². The molecule has 0 unspecified atom stereocenters. The molecular formula is C21H27N3O3. The lowest BCUT2D eigenvalue weighted by Crippen LogP contribution is -2.51. The molecule has 27 heavy (non-hydrogen) atoms. The van der Waals surface area contributed by atoms with E-state index in [0.717, 1.165) is 24.9 Å². The smallest absolute Gasteiger partial charge is 0.269 e. The van der Waals surface area contributed by atoms with Gasteiger partial charge in [-0.2, -0.15) is 0 Å². The number of amides is 2. The third kappa shape index (κ3) is 4.31. The number of likely N-dealkylation sites (tertiary alicyclic amines) is 1. The molecule has 144 valence electrons. The van der Waals surface area contributed by atoms with E-state index < -0.39 is 5.60 Å². The van der Waals surface area contributed by atoms with Crippen molar-refractivity contribution in [3.05, 3.63) is 35.4 Å². The molecule has 2 amide bonds. The second kappa shape index (κ2) is 7.33. The predicted octanol–water partition coefficient (Wildman–Crippen LogP) is 2.55. The van der Waals surface area contributed by atoms with Gasteiger partial charge in [-0.1, -0.05) is 35.0 Å². The first-order chi connectivity index (χ1) is 13.0. The Kier molecular flexibility index (Phi) is 4.89. The lowest BCUT2D eigenvalue weighted by Gasteiger charge is -2.38. The van der Waals surface area contributed by atoms with E-state index in [1.807, 2.05) is 36.1 Å². The van der Waals surface area contributed by atoms with E-state index in [-0.39, 0.29) is 11.8 Å². The summed E-state index contributed by atoms with van der Waals surface area (Å²) in [5.74, 6) is 0.616. The van der Waals surface area contributed by atoms with Crippen LogP contribution < -0.4 is 5.32 Å². The first-order valence-electron chi connectivity index (χ1n) is 9.90. The second-order valence-electron chi connectivity index (χ2n) is 8.22. The van der Waals surface area contributed by atoms with Crippen LogP contribution in [0.25, 0.3) is 0 Å². The molecule has 0 aromatic heterocycles. The van der Waals surface area contributed by atoms with Crippen LogP contribution >= 0.6 is 0 Å². The number of nitrogens with one attached hydrogen (secondary N) is 1. The Bertz CT molecular complexity index is 754. The molecule has 1 atom stereocenters. The van der Waals surface area contributed by atoms with E-state index in [4.69, 9.17) is 4.84 Å². The number of rotatable bonds is 5. The van der Waals surface area contributed by atoms with Gasteiger partial charge in [0, 0.05) is 25.9 Å². The van der Waals surface area contributed by atoms with Gasteiger partial charge in [-0.05, 0) is 44.1 Å². The maximum absolute atomic E-state index is 12.5. The molecule has 1 aromatic rings. The first kappa shape index (κ1) is 18.0. The van der Waals surface area contributed by atoms with Crippen molar-refractivity contribution < 1.29 is 14.4 Å². The Morgan fingerprint density at radius 1 is 1.30 bits per heavy atom. The minimum absolute atomic E-state index is 0.186. The van der Waals surface area contributed by atoms with Crippen molar-refractivity contribution in [2.45, 2.75) is 57.6 Å². The maximum atomic E-state index is 12.5. The predicted molar refractivity (Wildman–Crippen MR) is 102 cm³/mol. The Labute approximate surface area is 159 Å². The molecule has 1 spiro atoms. The van der Waals surface area contributed by atoms with Crippen LogP contribution in [0.15, 0.2) is 29.4 Å². The van der Waals surface area contributed by atoms with Crippen molar-refractivity contribution in [2.24, 2.45) is 11.1 Å². The summed E-state index contributed by atoms with van der Waals surface area (Å²) in [7, 11) is 0. The molecular weight excluding hydrogens is 342 g/mol. The highest BCUT2D eigenvalue weighted by Crippen LogP contribution is 2.36. The van der Waals surface area contributed by atoms with Gasteiger partial charge < -0.3 is 15.1 Å². The van der Waals surface area contributed by atoms with Gasteiger partial charge in [-0.15, -0.1) is 0 Å². The van der Waals surface area contributed by atoms with Crippen LogP contribution in [0.5, 0.6) is 0 Å². The summed E-state index contributed by atoms with van der Waals surface area (Å²) in [6, 6.07) is 8.08. The Morgan fingerprint density at radius 2 is 2.07 bits per heavy atom. The van der Waals surface area contributed by atoms with E-state index in [1.165, 1.54) is 18.4 Å². The Balaban J connectivity index is 1.30. The third-order valence-electron chi connectivity index (χ3n) is 5.73. The molecule has 0 bridgehead atoms. The standard InChI is InChI=1S/C21H27N3O3/c1-15-3-5-17(6-4-15)13-22-20(26)18-12-21(27-23-18)9-2-10-24(14-21)19(25)11-16-7-8-16/h3-6,16H,2,7-14H2,1H3,(H,22,26)/t21-/m0/s1. The lowest BCUT2D eigenvalue weighted by molar-refractivity contribution is -0.141. The van der Waals surface area contributed by atoms with Gasteiger partial charge in [0.25, 0.3) is 5.91 Å². The minimum atomic E-state index is -0.520. The largest absolute Gasteiger partial charge is 0.386 e. The zero-order valence-electron chi connectivity index (χ0n) is 15.9. The zero-order chi connectivity index (χ0) is 18.9. The summed E-state index contributed by atoms with van der Waals surface area (Å²) in [5.41, 5.74) is 2.16. The van der Waals surface area contributed by atoms with Crippen molar-refractivity contribution in [1.29, 1.82) is 0 Å². The third-order valence-corrected chi connectivity index (χ3v) is 5.73. The van der Waals surface area contributed by atoms with E-state index in [0.29, 0.717) is 37.6 Å². The molecule has 1 aromatic carbocycles. The number of oxime groups is 1. The molecule has 1 N–H and O–H groups in total. The highest BCUT2D eigenvalue weighted by atomic mass is 16.7. The number of carbonyl (C=O) groups excluding carboxylic acids is 2. The fraction of sp³-hybridized carbons (Fsp3) is 0.571. The molecule has 6 heteroatoms. The molecule has 3 aliphatic rings. The van der Waals surface area contributed by atoms with Crippen molar-refractivity contribution in [3.8, 4) is 0 Å². The van der Waals surface area contributed by atoms with Crippen LogP contribution in [0, 0.1) is 12.8 Å². The molecule has 2 aliphatic heterocycles. The summed E-state index contributed by atoms with van der Waals surface area (Å²) in [5, 5.41) is 6.99. The van der Waals surface area contributed by atoms with E-state index in [9.17, 15) is 9.59 Å². The molecule has 1 saturated carbocycles. The quantitative estimate of drug-likeness (QED) is 0.867. The van der Waals surface area contributed by atoms with Gasteiger partial charge in [-0.25, -0.2) is 0 Å². The van der Waals surface area contributed by atoms with Crippen LogP contribution in [0.3, 0.4) is 0 Å². The summed E-state index contributed by atoms with van der Waals surface area (Å²) < 4.78 is 0. The number of aryl methyl sites for hydroxylation is 1. The van der Waals surface area contributed by atoms with Crippen molar-refractivity contribution in [1.82, 2.24) is 10.2 Å². The summed E-state index contributed by atoms with van der Waals surface area (Å²) in [4.78, 5) is 32.5. The average Bonchev–Trinajstić information content (AvgIpc) is 3.40. The SMILES string of the molecule is Cc1ccc(CNC(=O)C2=NO[C@@]3(CCCN(C(=O)CC4CC4)C3)C2)cc1. The number of piperidine rings is 1. The van der Waals surface area contributed by atoms with Crippen LogP contribution in [0.1, 0.15) is 49.7 Å². The maximum Gasteiger partial charge on any atom is 0.269 e. The normalized spacial score (nSPS) is 24.5. The topological polar surface area (TPSA) is 71.0 Å². The van der Waals surface area contributed by atoms with Gasteiger partial charge in [0.05, 0.1) is 6.54 Å². The molecule has 1 saturated heterocycles. The van der Waals surface area contributed by atoms with Gasteiger partial charge in [0.15, 0.2) is 5.60 Å². The average molecular weight is 369 g/mol. The summed E-state index contributed by atoms with van der Waals surface area (Å²) >= 11 is 0. The number of nitrogens with zero attached hydrogens (tertiary/aromatic N) is 2. The second-order valence-corrected chi connectivity index (χ2v) is 8.22. The van der Waals surface area contributed by atoms with E-state index >= 15 is 0 Å². The lowest BCUT2D eigenvalue weighted by atomic mass is 9.87. The molecule has 2 heterocycles. The number of carbonyl (C=O) groups is 2. The first-order valence-corrected chi connectivity index (χ1v) is 9.90. The Hall–Kier alpha value is -2.37. The van der Waals surface area contributed by atoms with Crippen molar-refractivity contribution in [2.75, 3.05) is 13.1 Å². The van der Waals surface area contributed by atoms with E-state index in [2.05, 4.69) is 10.5 Å². The summed E-state index contributed by atoms with van der Waals surface area (Å²) in [6.07, 6.45) is 5.20. The van der Waals surface area contributed by atoms with Gasteiger partial charge >= 0.3 is 0 Å². The van der Waals surface area contributed by atoms with Gasteiger partial charge in [0.1, 0.15) is 5.71 Å². The fourth-order valence-electron chi connectivity index (χ4n) is 3.86. The van der Waals surface area contributed by atoms with Crippen LogP contribution in [0.2, 0.25) is 0 Å². The van der Waals surface area contributed by atoms with Crippen LogP contribution in [-0.2, 0) is 21.0 Å². The molecule has 2 fully saturated rings. The van der Waals surface area contributed by atoms with Crippen molar-refractivity contribution in [3.63, 3.8) is 0 Å². The molecule has 0 radical (unpaired) electrons.